The van der Waals surface area contributed by atoms with Crippen molar-refractivity contribution in [1.82, 2.24) is 15.7 Å². The van der Waals surface area contributed by atoms with Crippen LogP contribution in [0.1, 0.15) is 21.6 Å². The SMILES string of the molecule is Nc1nonc1C(=O)N/N=C\c1cc(Br)ccc1OCc1ccccc1. The van der Waals surface area contributed by atoms with Crippen LogP contribution in [0.5, 0.6) is 5.75 Å². The number of benzene rings is 2. The number of rotatable bonds is 6. The van der Waals surface area contributed by atoms with E-state index in [1.807, 2.05) is 48.5 Å². The molecule has 1 heterocycles. The van der Waals surface area contributed by atoms with E-state index in [2.05, 4.69) is 41.4 Å². The van der Waals surface area contributed by atoms with Gasteiger partial charge < -0.3 is 10.5 Å². The highest BCUT2D eigenvalue weighted by atomic mass is 79.9. The Kier molecular flexibility index (Phi) is 5.59. The maximum atomic E-state index is 11.9. The molecule has 0 saturated heterocycles. The molecule has 9 heteroatoms. The molecule has 0 aliphatic rings. The minimum atomic E-state index is -0.623. The molecule has 0 aliphatic carbocycles. The number of hydrogen-bond acceptors (Lipinski definition) is 7. The molecular formula is C17H14BrN5O3. The Morgan fingerprint density at radius 1 is 1.27 bits per heavy atom. The van der Waals surface area contributed by atoms with Crippen molar-refractivity contribution in [2.45, 2.75) is 6.61 Å². The summed E-state index contributed by atoms with van der Waals surface area (Å²) >= 11 is 3.40. The van der Waals surface area contributed by atoms with Crippen LogP contribution in [0, 0.1) is 0 Å². The second kappa shape index (κ2) is 8.26. The lowest BCUT2D eigenvalue weighted by Crippen LogP contribution is -2.19. The van der Waals surface area contributed by atoms with Gasteiger partial charge >= 0.3 is 0 Å². The number of nitrogens with zero attached hydrogens (tertiary/aromatic N) is 3. The van der Waals surface area contributed by atoms with Crippen molar-refractivity contribution >= 4 is 33.9 Å². The van der Waals surface area contributed by atoms with Gasteiger partial charge in [0.2, 0.25) is 11.5 Å². The smallest absolute Gasteiger partial charge is 0.297 e. The average molecular weight is 416 g/mol. The molecule has 3 N–H and O–H groups in total. The van der Waals surface area contributed by atoms with Crippen LogP contribution in [0.3, 0.4) is 0 Å². The predicted octanol–water partition coefficient (Wildman–Crippen LogP) is 2.76. The van der Waals surface area contributed by atoms with E-state index >= 15 is 0 Å². The Morgan fingerprint density at radius 2 is 2.08 bits per heavy atom. The number of carbonyl (C=O) groups is 1. The van der Waals surface area contributed by atoms with Crippen LogP contribution in [0.15, 0.2) is 62.7 Å². The van der Waals surface area contributed by atoms with E-state index in [1.165, 1.54) is 6.21 Å². The third-order valence-corrected chi connectivity index (χ3v) is 3.80. The molecule has 26 heavy (non-hydrogen) atoms. The van der Waals surface area contributed by atoms with Gasteiger partial charge in [-0.3, -0.25) is 4.79 Å². The third kappa shape index (κ3) is 4.45. The van der Waals surface area contributed by atoms with Gasteiger partial charge in [0.05, 0.1) is 6.21 Å². The van der Waals surface area contributed by atoms with Gasteiger partial charge in [0.25, 0.3) is 5.91 Å². The summed E-state index contributed by atoms with van der Waals surface area (Å²) in [5, 5.41) is 10.6. The fourth-order valence-corrected chi connectivity index (χ4v) is 2.43. The van der Waals surface area contributed by atoms with Gasteiger partial charge in [0, 0.05) is 10.0 Å². The summed E-state index contributed by atoms with van der Waals surface area (Å²) in [7, 11) is 0. The first-order valence-corrected chi connectivity index (χ1v) is 8.30. The lowest BCUT2D eigenvalue weighted by molar-refractivity contribution is 0.0946. The van der Waals surface area contributed by atoms with Crippen molar-refractivity contribution in [2.24, 2.45) is 5.10 Å². The molecule has 0 unspecified atom stereocenters. The van der Waals surface area contributed by atoms with Gasteiger partial charge in [-0.25, -0.2) is 10.1 Å². The van der Waals surface area contributed by atoms with Crippen molar-refractivity contribution in [3.05, 3.63) is 69.8 Å². The Labute approximate surface area is 157 Å². The minimum Gasteiger partial charge on any atom is -0.488 e. The molecule has 3 rings (SSSR count). The van der Waals surface area contributed by atoms with E-state index in [1.54, 1.807) is 0 Å². The number of amides is 1. The summed E-state index contributed by atoms with van der Waals surface area (Å²) in [6.07, 6.45) is 1.46. The van der Waals surface area contributed by atoms with Crippen molar-refractivity contribution in [3.8, 4) is 5.75 Å². The summed E-state index contributed by atoms with van der Waals surface area (Å²) in [6.45, 7) is 0.414. The van der Waals surface area contributed by atoms with Gasteiger partial charge in [-0.15, -0.1) is 0 Å². The summed E-state index contributed by atoms with van der Waals surface area (Å²) in [4.78, 5) is 11.9. The third-order valence-electron chi connectivity index (χ3n) is 3.31. The second-order valence-electron chi connectivity index (χ2n) is 5.15. The van der Waals surface area contributed by atoms with Crippen LogP contribution in [-0.2, 0) is 6.61 Å². The summed E-state index contributed by atoms with van der Waals surface area (Å²) in [5.41, 5.74) is 9.37. The summed E-state index contributed by atoms with van der Waals surface area (Å²) < 4.78 is 11.1. The number of halogens is 1. The zero-order chi connectivity index (χ0) is 18.4. The van der Waals surface area contributed by atoms with Crippen LogP contribution in [0.4, 0.5) is 5.82 Å². The zero-order valence-electron chi connectivity index (χ0n) is 13.4. The van der Waals surface area contributed by atoms with Gasteiger partial charge in [0.15, 0.2) is 0 Å². The Balaban J connectivity index is 1.69. The Bertz CT molecular complexity index is 927. The van der Waals surface area contributed by atoms with Crippen LogP contribution in [0.2, 0.25) is 0 Å². The van der Waals surface area contributed by atoms with E-state index in [0.29, 0.717) is 17.9 Å². The molecular weight excluding hydrogens is 402 g/mol. The van der Waals surface area contributed by atoms with E-state index in [9.17, 15) is 4.79 Å². The molecule has 0 atom stereocenters. The van der Waals surface area contributed by atoms with E-state index in [-0.39, 0.29) is 11.5 Å². The van der Waals surface area contributed by atoms with Crippen LogP contribution in [0.25, 0.3) is 0 Å². The molecule has 0 radical (unpaired) electrons. The second-order valence-corrected chi connectivity index (χ2v) is 6.07. The van der Waals surface area contributed by atoms with Gasteiger partial charge in [-0.1, -0.05) is 46.3 Å². The first-order valence-electron chi connectivity index (χ1n) is 7.51. The molecule has 3 aromatic rings. The van der Waals surface area contributed by atoms with Crippen molar-refractivity contribution in [2.75, 3.05) is 5.73 Å². The molecule has 2 aromatic carbocycles. The number of aromatic nitrogens is 2. The van der Waals surface area contributed by atoms with Crippen LogP contribution in [-0.4, -0.2) is 22.4 Å². The summed E-state index contributed by atoms with van der Waals surface area (Å²) in [5.74, 6) is -0.105. The quantitative estimate of drug-likeness (QED) is 0.472. The lowest BCUT2D eigenvalue weighted by atomic mass is 10.2. The Morgan fingerprint density at radius 3 is 2.81 bits per heavy atom. The predicted molar refractivity (Wildman–Crippen MR) is 98.7 cm³/mol. The fraction of sp³-hybridized carbons (Fsp3) is 0.0588. The van der Waals surface area contributed by atoms with Gasteiger partial charge in [-0.05, 0) is 34.1 Å². The average Bonchev–Trinajstić information content (AvgIpc) is 3.08. The molecule has 0 saturated carbocycles. The molecule has 0 fully saturated rings. The monoisotopic (exact) mass is 415 g/mol. The number of hydrogen-bond donors (Lipinski definition) is 2. The molecule has 132 valence electrons. The first-order chi connectivity index (χ1) is 12.6. The van der Waals surface area contributed by atoms with Crippen molar-refractivity contribution < 1.29 is 14.2 Å². The minimum absolute atomic E-state index is 0.105. The molecule has 1 aromatic heterocycles. The fourth-order valence-electron chi connectivity index (χ4n) is 2.05. The van der Waals surface area contributed by atoms with E-state index < -0.39 is 5.91 Å². The number of anilines is 1. The van der Waals surface area contributed by atoms with Crippen LogP contribution >= 0.6 is 15.9 Å². The normalized spacial score (nSPS) is 10.8. The highest BCUT2D eigenvalue weighted by molar-refractivity contribution is 9.10. The van der Waals surface area contributed by atoms with E-state index in [0.717, 1.165) is 10.0 Å². The van der Waals surface area contributed by atoms with Crippen molar-refractivity contribution in [3.63, 3.8) is 0 Å². The number of ether oxygens (including phenoxy) is 1. The number of hydrazone groups is 1. The number of carbonyl (C=O) groups excluding carboxylic acids is 1. The molecule has 0 bridgehead atoms. The van der Waals surface area contributed by atoms with E-state index in [4.69, 9.17) is 10.5 Å². The van der Waals surface area contributed by atoms with Crippen molar-refractivity contribution in [1.29, 1.82) is 0 Å². The van der Waals surface area contributed by atoms with Gasteiger partial charge in [-0.2, -0.15) is 5.10 Å². The maximum Gasteiger partial charge on any atom is 0.297 e. The lowest BCUT2D eigenvalue weighted by Gasteiger charge is -2.09. The molecule has 8 nitrogen and oxygen atoms in total. The largest absolute Gasteiger partial charge is 0.488 e. The maximum absolute atomic E-state index is 11.9. The molecule has 1 amide bonds. The number of nitrogens with one attached hydrogen (secondary N) is 1. The van der Waals surface area contributed by atoms with Crippen LogP contribution < -0.4 is 15.9 Å². The Hall–Kier alpha value is -3.20. The summed E-state index contributed by atoms with van der Waals surface area (Å²) in [6, 6.07) is 15.3. The highest BCUT2D eigenvalue weighted by Gasteiger charge is 2.15. The van der Waals surface area contributed by atoms with Gasteiger partial charge in [0.1, 0.15) is 12.4 Å². The number of nitrogen functional groups attached to an aromatic ring is 1. The topological polar surface area (TPSA) is 116 Å². The zero-order valence-corrected chi connectivity index (χ0v) is 15.0. The number of nitrogens with two attached hydrogens (primary N) is 1. The molecule has 0 spiro atoms. The first kappa shape index (κ1) is 17.6. The molecule has 0 aliphatic heterocycles. The standard InChI is InChI=1S/C17H14BrN5O3/c18-13-6-7-14(25-10-11-4-2-1-3-5-11)12(8-13)9-20-21-17(24)15-16(19)23-26-22-15/h1-9H,10H2,(H2,19,23)(H,21,24)/b20-9-. The highest BCUT2D eigenvalue weighted by Crippen LogP contribution is 2.22.